The van der Waals surface area contributed by atoms with Crippen molar-refractivity contribution in [2.75, 3.05) is 6.26 Å². The minimum absolute atomic E-state index is 0.550. The largest absolute Gasteiger partial charge is 0.359 e. The van der Waals surface area contributed by atoms with E-state index in [1.54, 1.807) is 17.8 Å². The molecule has 0 aliphatic rings. The SMILES string of the molecule is CSc1ccc(CNC(=S)NCc2ccc(Cl)c(Cl)c2)cc1. The lowest BCUT2D eigenvalue weighted by Crippen LogP contribution is -2.34. The molecule has 0 radical (unpaired) electrons. The van der Waals surface area contributed by atoms with Crippen LogP contribution in [0.4, 0.5) is 0 Å². The minimum Gasteiger partial charge on any atom is -0.359 e. The van der Waals surface area contributed by atoms with Gasteiger partial charge in [0.15, 0.2) is 5.11 Å². The van der Waals surface area contributed by atoms with E-state index in [1.807, 2.05) is 12.1 Å². The number of nitrogens with one attached hydrogen (secondary N) is 2. The van der Waals surface area contributed by atoms with E-state index in [-0.39, 0.29) is 0 Å². The normalized spacial score (nSPS) is 10.3. The first-order chi connectivity index (χ1) is 10.6. The number of thioether (sulfide) groups is 1. The molecule has 0 aliphatic heterocycles. The molecule has 0 saturated heterocycles. The first kappa shape index (κ1) is 17.4. The molecule has 2 rings (SSSR count). The van der Waals surface area contributed by atoms with Crippen LogP contribution < -0.4 is 10.6 Å². The molecule has 0 aromatic heterocycles. The molecule has 2 aromatic carbocycles. The Hall–Kier alpha value is -0.940. The fraction of sp³-hybridized carbons (Fsp3) is 0.188. The van der Waals surface area contributed by atoms with Crippen molar-refractivity contribution in [1.29, 1.82) is 0 Å². The highest BCUT2D eigenvalue weighted by Crippen LogP contribution is 2.22. The van der Waals surface area contributed by atoms with Crippen molar-refractivity contribution in [3.8, 4) is 0 Å². The molecular formula is C16H16Cl2N2S2. The fourth-order valence-electron chi connectivity index (χ4n) is 1.82. The van der Waals surface area contributed by atoms with Gasteiger partial charge in [0, 0.05) is 18.0 Å². The van der Waals surface area contributed by atoms with Crippen LogP contribution in [0.25, 0.3) is 0 Å². The first-order valence-electron chi connectivity index (χ1n) is 6.67. The average Bonchev–Trinajstić information content (AvgIpc) is 2.54. The average molecular weight is 371 g/mol. The van der Waals surface area contributed by atoms with Gasteiger partial charge in [0.25, 0.3) is 0 Å². The van der Waals surface area contributed by atoms with Gasteiger partial charge in [-0.1, -0.05) is 41.4 Å². The van der Waals surface area contributed by atoms with Gasteiger partial charge in [-0.25, -0.2) is 0 Å². The zero-order valence-electron chi connectivity index (χ0n) is 12.0. The molecule has 2 nitrogen and oxygen atoms in total. The summed E-state index contributed by atoms with van der Waals surface area (Å²) in [6, 6.07) is 13.9. The maximum atomic E-state index is 5.99. The van der Waals surface area contributed by atoms with E-state index < -0.39 is 0 Å². The van der Waals surface area contributed by atoms with Crippen LogP contribution in [0.2, 0.25) is 10.0 Å². The monoisotopic (exact) mass is 370 g/mol. The molecule has 22 heavy (non-hydrogen) atoms. The summed E-state index contributed by atoms with van der Waals surface area (Å²) < 4.78 is 0. The second kappa shape index (κ2) is 8.63. The van der Waals surface area contributed by atoms with Crippen molar-refractivity contribution in [3.63, 3.8) is 0 Å². The molecular weight excluding hydrogens is 355 g/mol. The van der Waals surface area contributed by atoms with Gasteiger partial charge in [-0.2, -0.15) is 0 Å². The number of thiocarbonyl (C=S) groups is 1. The molecule has 0 unspecified atom stereocenters. The molecule has 0 spiro atoms. The van der Waals surface area contributed by atoms with E-state index >= 15 is 0 Å². The van der Waals surface area contributed by atoms with Crippen LogP contribution in [0.1, 0.15) is 11.1 Å². The first-order valence-corrected chi connectivity index (χ1v) is 9.06. The van der Waals surface area contributed by atoms with Crippen molar-refractivity contribution in [2.45, 2.75) is 18.0 Å². The Labute approximate surface area is 150 Å². The molecule has 116 valence electrons. The van der Waals surface area contributed by atoms with Gasteiger partial charge in [0.2, 0.25) is 0 Å². The van der Waals surface area contributed by atoms with Crippen LogP contribution in [0.3, 0.4) is 0 Å². The van der Waals surface area contributed by atoms with Gasteiger partial charge in [-0.05, 0) is 53.9 Å². The van der Waals surface area contributed by atoms with E-state index in [9.17, 15) is 0 Å². The molecule has 6 heteroatoms. The van der Waals surface area contributed by atoms with Gasteiger partial charge in [0.05, 0.1) is 10.0 Å². The Morgan fingerprint density at radius 1 is 0.955 bits per heavy atom. The van der Waals surface area contributed by atoms with Crippen LogP contribution in [-0.4, -0.2) is 11.4 Å². The van der Waals surface area contributed by atoms with Crippen LogP contribution in [0.15, 0.2) is 47.4 Å². The summed E-state index contributed by atoms with van der Waals surface area (Å²) in [5.74, 6) is 0. The van der Waals surface area contributed by atoms with Gasteiger partial charge < -0.3 is 10.6 Å². The highest BCUT2D eigenvalue weighted by Gasteiger charge is 2.01. The molecule has 0 saturated carbocycles. The highest BCUT2D eigenvalue weighted by molar-refractivity contribution is 7.98. The number of hydrogen-bond acceptors (Lipinski definition) is 2. The number of hydrogen-bond donors (Lipinski definition) is 2. The molecule has 2 aromatic rings. The fourth-order valence-corrected chi connectivity index (χ4v) is 2.69. The number of halogens is 2. The molecule has 0 aliphatic carbocycles. The van der Waals surface area contributed by atoms with Crippen molar-refractivity contribution in [3.05, 3.63) is 63.6 Å². The lowest BCUT2D eigenvalue weighted by atomic mass is 10.2. The third-order valence-electron chi connectivity index (χ3n) is 3.05. The maximum absolute atomic E-state index is 5.99. The Kier molecular flexibility index (Phi) is 6.83. The Morgan fingerprint density at radius 3 is 2.14 bits per heavy atom. The minimum atomic E-state index is 0.550. The summed E-state index contributed by atoms with van der Waals surface area (Å²) in [6.45, 7) is 1.30. The predicted molar refractivity (Wildman–Crippen MR) is 101 cm³/mol. The Bertz CT molecular complexity index is 645. The van der Waals surface area contributed by atoms with E-state index in [0.717, 1.165) is 5.56 Å². The second-order valence-corrected chi connectivity index (χ2v) is 6.74. The summed E-state index contributed by atoms with van der Waals surface area (Å²) in [7, 11) is 0. The Morgan fingerprint density at radius 2 is 1.55 bits per heavy atom. The summed E-state index contributed by atoms with van der Waals surface area (Å²) in [5, 5.41) is 8.06. The maximum Gasteiger partial charge on any atom is 0.166 e. The van der Waals surface area contributed by atoms with E-state index in [4.69, 9.17) is 35.4 Å². The van der Waals surface area contributed by atoms with Crippen LogP contribution in [0, 0.1) is 0 Å². The van der Waals surface area contributed by atoms with E-state index in [2.05, 4.69) is 41.2 Å². The summed E-state index contributed by atoms with van der Waals surface area (Å²) in [4.78, 5) is 1.25. The Balaban J connectivity index is 1.78. The van der Waals surface area contributed by atoms with Crippen LogP contribution in [-0.2, 0) is 13.1 Å². The molecule has 0 fully saturated rings. The molecule has 0 amide bonds. The second-order valence-electron chi connectivity index (χ2n) is 4.63. The predicted octanol–water partition coefficient (Wildman–Crippen LogP) is 4.88. The lowest BCUT2D eigenvalue weighted by molar-refractivity contribution is 0.832. The van der Waals surface area contributed by atoms with Crippen molar-refractivity contribution in [2.24, 2.45) is 0 Å². The smallest absolute Gasteiger partial charge is 0.166 e. The van der Waals surface area contributed by atoms with Gasteiger partial charge >= 0.3 is 0 Å². The quantitative estimate of drug-likeness (QED) is 0.578. The molecule has 0 bridgehead atoms. The van der Waals surface area contributed by atoms with Crippen LogP contribution in [0.5, 0.6) is 0 Å². The molecule has 2 N–H and O–H groups in total. The van der Waals surface area contributed by atoms with Gasteiger partial charge in [-0.15, -0.1) is 11.8 Å². The van der Waals surface area contributed by atoms with Crippen molar-refractivity contribution in [1.82, 2.24) is 10.6 Å². The topological polar surface area (TPSA) is 24.1 Å². The summed E-state index contributed by atoms with van der Waals surface area (Å²) in [5.41, 5.74) is 2.22. The standard InChI is InChI=1S/C16H16Cl2N2S2/c1-22-13-5-2-11(3-6-13)9-19-16(21)20-10-12-4-7-14(17)15(18)8-12/h2-8H,9-10H2,1H3,(H2,19,20,21). The number of rotatable bonds is 5. The summed E-state index contributed by atoms with van der Waals surface area (Å²) >= 11 is 18.9. The highest BCUT2D eigenvalue weighted by atomic mass is 35.5. The number of benzene rings is 2. The molecule has 0 heterocycles. The third kappa shape index (κ3) is 5.36. The van der Waals surface area contributed by atoms with Crippen LogP contribution >= 0.6 is 47.2 Å². The zero-order chi connectivity index (χ0) is 15.9. The third-order valence-corrected chi connectivity index (χ3v) is 4.82. The lowest BCUT2D eigenvalue weighted by Gasteiger charge is -2.11. The summed E-state index contributed by atoms with van der Waals surface area (Å²) in [6.07, 6.45) is 2.06. The molecule has 0 atom stereocenters. The van der Waals surface area contributed by atoms with Crippen molar-refractivity contribution >= 4 is 52.3 Å². The van der Waals surface area contributed by atoms with Gasteiger partial charge in [0.1, 0.15) is 0 Å². The van der Waals surface area contributed by atoms with E-state index in [1.165, 1.54) is 10.5 Å². The zero-order valence-corrected chi connectivity index (χ0v) is 15.2. The van der Waals surface area contributed by atoms with E-state index in [0.29, 0.717) is 28.2 Å². The van der Waals surface area contributed by atoms with Gasteiger partial charge in [-0.3, -0.25) is 0 Å². The van der Waals surface area contributed by atoms with Crippen molar-refractivity contribution < 1.29 is 0 Å².